The number of benzene rings is 1. The molecule has 0 atom stereocenters. The Morgan fingerprint density at radius 3 is 2.37 bits per heavy atom. The third-order valence-corrected chi connectivity index (χ3v) is 6.36. The molecule has 3 rings (SSSR count). The van der Waals surface area contributed by atoms with Crippen molar-refractivity contribution >= 4 is 18.5 Å². The van der Waals surface area contributed by atoms with Gasteiger partial charge in [-0.05, 0) is 76.9 Å². The van der Waals surface area contributed by atoms with Crippen molar-refractivity contribution in [3.05, 3.63) is 28.8 Å². The fourth-order valence-electron chi connectivity index (χ4n) is 3.97. The Morgan fingerprint density at radius 1 is 1.26 bits per heavy atom. The van der Waals surface area contributed by atoms with Gasteiger partial charge < -0.3 is 14.7 Å². The topological polar surface area (TPSA) is 47.6 Å². The smallest absolute Gasteiger partial charge is 0.407 e. The van der Waals surface area contributed by atoms with Crippen LogP contribution in [0, 0.1) is 6.92 Å². The standard InChI is InChI=1S/C22H34BNO3/c1-14-17(23-21(5,6)22(7,8)27-23)12-11-16(18(14)15-9-10-15)13-24-19(25)26-20(2,3)4/h11-12,15H,9-10,13H2,1-8H3,(H,24,25). The van der Waals surface area contributed by atoms with E-state index in [1.54, 1.807) is 0 Å². The highest BCUT2D eigenvalue weighted by atomic mass is 16.6. The molecule has 27 heavy (non-hydrogen) atoms. The summed E-state index contributed by atoms with van der Waals surface area (Å²) in [6, 6.07) is 4.35. The van der Waals surface area contributed by atoms with Crippen molar-refractivity contribution in [1.82, 2.24) is 5.32 Å². The van der Waals surface area contributed by atoms with E-state index in [1.807, 2.05) is 20.8 Å². The van der Waals surface area contributed by atoms with Crippen LogP contribution in [-0.4, -0.2) is 24.2 Å². The lowest BCUT2D eigenvalue weighted by Crippen LogP contribution is -2.67. The molecule has 4 nitrogen and oxygen atoms in total. The highest BCUT2D eigenvalue weighted by molar-refractivity contribution is 6.73. The van der Waals surface area contributed by atoms with Gasteiger partial charge in [-0.25, -0.2) is 4.79 Å². The number of amides is 1. The monoisotopic (exact) mass is 371 g/mol. The van der Waals surface area contributed by atoms with E-state index in [1.165, 1.54) is 35.0 Å². The Hall–Kier alpha value is -1.49. The molecule has 1 aliphatic carbocycles. The zero-order chi connectivity index (χ0) is 20.2. The van der Waals surface area contributed by atoms with Crippen LogP contribution >= 0.6 is 0 Å². The second kappa shape index (κ2) is 6.54. The van der Waals surface area contributed by atoms with E-state index < -0.39 is 5.60 Å². The predicted molar refractivity (Wildman–Crippen MR) is 111 cm³/mol. The second-order valence-corrected chi connectivity index (χ2v) is 10.2. The number of nitrogens with one attached hydrogen (secondary N) is 1. The lowest BCUT2D eigenvalue weighted by atomic mass is 9.32. The van der Waals surface area contributed by atoms with Crippen molar-refractivity contribution < 1.29 is 14.2 Å². The van der Waals surface area contributed by atoms with E-state index >= 15 is 0 Å². The summed E-state index contributed by atoms with van der Waals surface area (Å²) in [6.45, 7) is 17.4. The molecule has 0 spiro atoms. The molecule has 0 bridgehead atoms. The van der Waals surface area contributed by atoms with Gasteiger partial charge in [-0.2, -0.15) is 0 Å². The molecular weight excluding hydrogens is 337 g/mol. The number of carbonyl (C=O) groups excluding carboxylic acids is 1. The fourth-order valence-corrected chi connectivity index (χ4v) is 3.97. The van der Waals surface area contributed by atoms with Crippen LogP contribution in [0.1, 0.15) is 83.9 Å². The molecule has 1 saturated carbocycles. The maximum absolute atomic E-state index is 12.0. The maximum Gasteiger partial charge on any atom is 0.407 e. The molecule has 1 aromatic carbocycles. The summed E-state index contributed by atoms with van der Waals surface area (Å²) >= 11 is 0. The van der Waals surface area contributed by atoms with Crippen LogP contribution in [0.15, 0.2) is 12.1 Å². The summed E-state index contributed by atoms with van der Waals surface area (Å²) in [7, 11) is 0. The zero-order valence-corrected chi connectivity index (χ0v) is 18.2. The van der Waals surface area contributed by atoms with Crippen molar-refractivity contribution in [2.45, 2.75) is 97.2 Å². The first kappa shape index (κ1) is 20.3. The summed E-state index contributed by atoms with van der Waals surface area (Å²) in [5.41, 5.74) is 4.62. The number of hydrogen-bond acceptors (Lipinski definition) is 3. The molecule has 2 fully saturated rings. The minimum absolute atomic E-state index is 0.0921. The Labute approximate surface area is 164 Å². The molecule has 5 heteroatoms. The minimum Gasteiger partial charge on any atom is -0.444 e. The number of hydrogen-bond donors (Lipinski definition) is 1. The molecule has 0 unspecified atom stereocenters. The van der Waals surface area contributed by atoms with Gasteiger partial charge in [0.15, 0.2) is 0 Å². The van der Waals surface area contributed by atoms with Crippen molar-refractivity contribution in [3.63, 3.8) is 0 Å². The Bertz CT molecular complexity index is 745. The van der Waals surface area contributed by atoms with Gasteiger partial charge in [0.1, 0.15) is 5.60 Å². The lowest BCUT2D eigenvalue weighted by Gasteiger charge is -2.57. The average Bonchev–Trinajstić information content (AvgIpc) is 3.34. The van der Waals surface area contributed by atoms with E-state index in [-0.39, 0.29) is 23.9 Å². The largest absolute Gasteiger partial charge is 0.444 e. The average molecular weight is 371 g/mol. The fraction of sp³-hybridized carbons (Fsp3) is 0.682. The van der Waals surface area contributed by atoms with E-state index in [2.05, 4.69) is 52.1 Å². The van der Waals surface area contributed by atoms with Gasteiger partial charge in [-0.1, -0.05) is 31.5 Å². The third-order valence-electron chi connectivity index (χ3n) is 6.36. The molecular formula is C22H34BNO3. The molecule has 1 aliphatic heterocycles. The molecule has 1 N–H and O–H groups in total. The third kappa shape index (κ3) is 3.89. The predicted octanol–water partition coefficient (Wildman–Crippen LogP) is 4.68. The molecule has 1 heterocycles. The van der Waals surface area contributed by atoms with Gasteiger partial charge in [-0.3, -0.25) is 0 Å². The van der Waals surface area contributed by atoms with Crippen LogP contribution in [0.25, 0.3) is 0 Å². The Kier molecular flexibility index (Phi) is 4.91. The Balaban J connectivity index is 1.81. The molecule has 1 amide bonds. The summed E-state index contributed by atoms with van der Waals surface area (Å²) < 4.78 is 11.6. The first-order chi connectivity index (χ1) is 12.3. The quantitative estimate of drug-likeness (QED) is 0.782. The molecule has 148 valence electrons. The maximum atomic E-state index is 12.0. The lowest BCUT2D eigenvalue weighted by molar-refractivity contribution is -0.00945. The molecule has 1 saturated heterocycles. The van der Waals surface area contributed by atoms with Crippen LogP contribution in [0.2, 0.25) is 5.31 Å². The first-order valence-corrected chi connectivity index (χ1v) is 10.1. The SMILES string of the molecule is Cc1c(B2OC(C)(C)C2(C)C)ccc(CNC(=O)OC(C)(C)C)c1C1CC1. The van der Waals surface area contributed by atoms with E-state index in [0.717, 1.165) is 0 Å². The van der Waals surface area contributed by atoms with Gasteiger partial charge >= 0.3 is 13.0 Å². The number of alkyl carbamates (subject to hydrolysis) is 1. The molecule has 2 aliphatic rings. The van der Waals surface area contributed by atoms with Crippen LogP contribution in [-0.2, 0) is 15.9 Å². The van der Waals surface area contributed by atoms with Crippen molar-refractivity contribution in [2.24, 2.45) is 0 Å². The van der Waals surface area contributed by atoms with Gasteiger partial charge in [-0.15, -0.1) is 0 Å². The Morgan fingerprint density at radius 2 is 1.89 bits per heavy atom. The zero-order valence-electron chi connectivity index (χ0n) is 18.2. The summed E-state index contributed by atoms with van der Waals surface area (Å²) in [4.78, 5) is 12.0. The highest BCUT2D eigenvalue weighted by Crippen LogP contribution is 2.53. The van der Waals surface area contributed by atoms with Gasteiger partial charge in [0.25, 0.3) is 0 Å². The van der Waals surface area contributed by atoms with Gasteiger partial charge in [0, 0.05) is 17.5 Å². The highest BCUT2D eigenvalue weighted by Gasteiger charge is 2.59. The van der Waals surface area contributed by atoms with Crippen LogP contribution in [0.4, 0.5) is 4.79 Å². The summed E-state index contributed by atoms with van der Waals surface area (Å²) in [5, 5.41) is 3.01. The van der Waals surface area contributed by atoms with Gasteiger partial charge in [0.05, 0.1) is 0 Å². The van der Waals surface area contributed by atoms with Crippen LogP contribution in [0.5, 0.6) is 0 Å². The minimum atomic E-state index is -0.483. The summed E-state index contributed by atoms with van der Waals surface area (Å²) in [5.74, 6) is 0.608. The molecule has 0 radical (unpaired) electrons. The number of rotatable bonds is 4. The second-order valence-electron chi connectivity index (χ2n) is 10.2. The van der Waals surface area contributed by atoms with E-state index in [9.17, 15) is 4.79 Å². The van der Waals surface area contributed by atoms with E-state index in [0.29, 0.717) is 12.5 Å². The summed E-state index contributed by atoms with van der Waals surface area (Å²) in [6.07, 6.45) is 2.09. The van der Waals surface area contributed by atoms with Crippen LogP contribution in [0.3, 0.4) is 0 Å². The van der Waals surface area contributed by atoms with Crippen molar-refractivity contribution in [3.8, 4) is 0 Å². The van der Waals surface area contributed by atoms with Crippen molar-refractivity contribution in [1.29, 1.82) is 0 Å². The molecule has 0 aromatic heterocycles. The number of ether oxygens (including phenoxy) is 1. The van der Waals surface area contributed by atoms with Crippen molar-refractivity contribution in [2.75, 3.05) is 0 Å². The van der Waals surface area contributed by atoms with Gasteiger partial charge in [0.2, 0.25) is 0 Å². The first-order valence-electron chi connectivity index (χ1n) is 10.1. The van der Waals surface area contributed by atoms with Crippen LogP contribution < -0.4 is 10.8 Å². The normalized spacial score (nSPS) is 20.8. The van der Waals surface area contributed by atoms with E-state index in [4.69, 9.17) is 9.39 Å². The molecule has 1 aromatic rings. The number of carbonyl (C=O) groups is 1.